The highest BCUT2D eigenvalue weighted by molar-refractivity contribution is 9.10. The van der Waals surface area contributed by atoms with Gasteiger partial charge in [0.1, 0.15) is 0 Å². The molecule has 0 aliphatic carbocycles. The molecule has 1 unspecified atom stereocenters. The maximum Gasteiger partial charge on any atom is 0.183 e. The van der Waals surface area contributed by atoms with E-state index in [-0.39, 0.29) is 12.6 Å². The van der Waals surface area contributed by atoms with Crippen LogP contribution in [0.1, 0.15) is 18.2 Å². The van der Waals surface area contributed by atoms with Crippen molar-refractivity contribution < 1.29 is 5.11 Å². The second-order valence-electron chi connectivity index (χ2n) is 3.92. The second kappa shape index (κ2) is 6.31. The molecule has 2 aromatic heterocycles. The first kappa shape index (κ1) is 13.5. The molecule has 98 valence electrons. The molecule has 0 radical (unpaired) electrons. The normalized spacial score (nSPS) is 12.6. The average Bonchev–Trinajstić information content (AvgIpc) is 2.96. The van der Waals surface area contributed by atoms with Crippen molar-refractivity contribution in [3.63, 3.8) is 0 Å². The maximum atomic E-state index is 9.13. The SMILES string of the molecule is CCC(CO)Nc1ncc(Cn2cc(Br)cn2)s1. The molecule has 0 fully saturated rings. The van der Waals surface area contributed by atoms with Crippen LogP contribution in [-0.2, 0) is 6.54 Å². The summed E-state index contributed by atoms with van der Waals surface area (Å²) in [6.07, 6.45) is 6.40. The Morgan fingerprint density at radius 2 is 2.39 bits per heavy atom. The van der Waals surface area contributed by atoms with Crippen molar-refractivity contribution in [3.05, 3.63) is 27.9 Å². The van der Waals surface area contributed by atoms with Gasteiger partial charge in [0.05, 0.1) is 29.9 Å². The summed E-state index contributed by atoms with van der Waals surface area (Å²) < 4.78 is 2.82. The summed E-state index contributed by atoms with van der Waals surface area (Å²) in [5.74, 6) is 0. The van der Waals surface area contributed by atoms with Crippen LogP contribution in [0.15, 0.2) is 23.1 Å². The molecular weight excluding hydrogens is 316 g/mol. The molecule has 2 rings (SSSR count). The molecule has 0 bridgehead atoms. The molecule has 0 amide bonds. The Bertz CT molecular complexity index is 495. The average molecular weight is 331 g/mol. The predicted octanol–water partition coefficient (Wildman–Crippen LogP) is 2.33. The van der Waals surface area contributed by atoms with Crippen LogP contribution >= 0.6 is 27.3 Å². The number of rotatable bonds is 6. The van der Waals surface area contributed by atoms with E-state index in [0.29, 0.717) is 6.54 Å². The summed E-state index contributed by atoms with van der Waals surface area (Å²) in [6.45, 7) is 2.86. The number of aromatic nitrogens is 3. The molecule has 0 saturated carbocycles. The monoisotopic (exact) mass is 330 g/mol. The number of nitrogens with one attached hydrogen (secondary N) is 1. The van der Waals surface area contributed by atoms with Crippen molar-refractivity contribution in [1.29, 1.82) is 0 Å². The van der Waals surface area contributed by atoms with Gasteiger partial charge < -0.3 is 10.4 Å². The molecule has 5 nitrogen and oxygen atoms in total. The molecule has 18 heavy (non-hydrogen) atoms. The van der Waals surface area contributed by atoms with E-state index in [1.807, 2.05) is 24.0 Å². The zero-order valence-corrected chi connectivity index (χ0v) is 12.4. The number of halogens is 1. The van der Waals surface area contributed by atoms with Crippen LogP contribution in [0.4, 0.5) is 5.13 Å². The topological polar surface area (TPSA) is 63.0 Å². The lowest BCUT2D eigenvalue weighted by molar-refractivity contribution is 0.272. The van der Waals surface area contributed by atoms with Gasteiger partial charge in [-0.05, 0) is 22.4 Å². The number of hydrogen-bond acceptors (Lipinski definition) is 5. The van der Waals surface area contributed by atoms with Gasteiger partial charge in [-0.1, -0.05) is 6.92 Å². The van der Waals surface area contributed by atoms with Gasteiger partial charge in [0, 0.05) is 17.3 Å². The van der Waals surface area contributed by atoms with Gasteiger partial charge in [-0.25, -0.2) is 4.98 Å². The zero-order valence-electron chi connectivity index (χ0n) is 10.0. The van der Waals surface area contributed by atoms with Crippen LogP contribution < -0.4 is 5.32 Å². The second-order valence-corrected chi connectivity index (χ2v) is 5.95. The van der Waals surface area contributed by atoms with Gasteiger partial charge in [0.15, 0.2) is 5.13 Å². The molecule has 0 saturated heterocycles. The number of aliphatic hydroxyl groups is 1. The number of thiazole rings is 1. The quantitative estimate of drug-likeness (QED) is 0.853. The van der Waals surface area contributed by atoms with Crippen LogP contribution in [0.2, 0.25) is 0 Å². The third-order valence-corrected chi connectivity index (χ3v) is 3.84. The van der Waals surface area contributed by atoms with E-state index in [2.05, 4.69) is 31.3 Å². The van der Waals surface area contributed by atoms with Gasteiger partial charge >= 0.3 is 0 Å². The first-order valence-corrected chi connectivity index (χ1v) is 7.32. The van der Waals surface area contributed by atoms with E-state index in [4.69, 9.17) is 5.11 Å². The Kier molecular flexibility index (Phi) is 4.73. The van der Waals surface area contributed by atoms with Crippen LogP contribution in [0.25, 0.3) is 0 Å². The van der Waals surface area contributed by atoms with Gasteiger partial charge in [-0.15, -0.1) is 11.3 Å². The molecule has 0 aliphatic rings. The molecule has 0 aromatic carbocycles. The Balaban J connectivity index is 1.97. The van der Waals surface area contributed by atoms with Gasteiger partial charge in [-0.2, -0.15) is 5.10 Å². The minimum absolute atomic E-state index is 0.0721. The van der Waals surface area contributed by atoms with E-state index >= 15 is 0 Å². The number of hydrogen-bond donors (Lipinski definition) is 2. The largest absolute Gasteiger partial charge is 0.394 e. The smallest absolute Gasteiger partial charge is 0.183 e. The highest BCUT2D eigenvalue weighted by Gasteiger charge is 2.08. The molecule has 2 heterocycles. The highest BCUT2D eigenvalue weighted by atomic mass is 79.9. The van der Waals surface area contributed by atoms with Crippen LogP contribution in [0.5, 0.6) is 0 Å². The van der Waals surface area contributed by atoms with Crippen molar-refractivity contribution >= 4 is 32.4 Å². The summed E-state index contributed by atoms with van der Waals surface area (Å²) in [7, 11) is 0. The third-order valence-electron chi connectivity index (χ3n) is 2.51. The maximum absolute atomic E-state index is 9.13. The zero-order chi connectivity index (χ0) is 13.0. The fraction of sp³-hybridized carbons (Fsp3) is 0.455. The van der Waals surface area contributed by atoms with Crippen molar-refractivity contribution in [3.8, 4) is 0 Å². The van der Waals surface area contributed by atoms with Crippen LogP contribution in [0.3, 0.4) is 0 Å². The lowest BCUT2D eigenvalue weighted by atomic mass is 10.2. The lowest BCUT2D eigenvalue weighted by Crippen LogP contribution is -2.22. The lowest BCUT2D eigenvalue weighted by Gasteiger charge is -2.11. The molecule has 0 aliphatic heterocycles. The van der Waals surface area contributed by atoms with Crippen molar-refractivity contribution in [2.24, 2.45) is 0 Å². The number of anilines is 1. The first-order valence-electron chi connectivity index (χ1n) is 5.71. The van der Waals surface area contributed by atoms with Crippen molar-refractivity contribution in [2.45, 2.75) is 25.9 Å². The Hall–Kier alpha value is -0.920. The first-order chi connectivity index (χ1) is 8.71. The molecule has 2 N–H and O–H groups in total. The third kappa shape index (κ3) is 3.54. The van der Waals surface area contributed by atoms with E-state index < -0.39 is 0 Å². The van der Waals surface area contributed by atoms with E-state index in [0.717, 1.165) is 20.9 Å². The van der Waals surface area contributed by atoms with Crippen LogP contribution in [0, 0.1) is 0 Å². The van der Waals surface area contributed by atoms with E-state index in [9.17, 15) is 0 Å². The molecule has 1 atom stereocenters. The van der Waals surface area contributed by atoms with Crippen LogP contribution in [-0.4, -0.2) is 32.5 Å². The van der Waals surface area contributed by atoms with Crippen molar-refractivity contribution in [1.82, 2.24) is 14.8 Å². The highest BCUT2D eigenvalue weighted by Crippen LogP contribution is 2.20. The summed E-state index contributed by atoms with van der Waals surface area (Å²) in [6, 6.07) is 0.0721. The minimum atomic E-state index is 0.0721. The molecule has 0 spiro atoms. The van der Waals surface area contributed by atoms with Crippen molar-refractivity contribution in [2.75, 3.05) is 11.9 Å². The number of aliphatic hydroxyl groups excluding tert-OH is 1. The Morgan fingerprint density at radius 3 is 3.00 bits per heavy atom. The fourth-order valence-corrected chi connectivity index (χ4v) is 2.69. The summed E-state index contributed by atoms with van der Waals surface area (Å²) in [4.78, 5) is 5.42. The summed E-state index contributed by atoms with van der Waals surface area (Å²) >= 11 is 4.95. The summed E-state index contributed by atoms with van der Waals surface area (Å²) in [5.41, 5.74) is 0. The van der Waals surface area contributed by atoms with Gasteiger partial charge in [0.2, 0.25) is 0 Å². The fourth-order valence-electron chi connectivity index (χ4n) is 1.48. The molecule has 7 heteroatoms. The predicted molar refractivity (Wildman–Crippen MR) is 75.9 cm³/mol. The Labute approximate surface area is 118 Å². The van der Waals surface area contributed by atoms with Gasteiger partial charge in [-0.3, -0.25) is 4.68 Å². The Morgan fingerprint density at radius 1 is 1.56 bits per heavy atom. The number of nitrogens with zero attached hydrogens (tertiary/aromatic N) is 3. The minimum Gasteiger partial charge on any atom is -0.394 e. The molecule has 2 aromatic rings. The summed E-state index contributed by atoms with van der Waals surface area (Å²) in [5, 5.41) is 17.4. The van der Waals surface area contributed by atoms with E-state index in [1.165, 1.54) is 0 Å². The molecular formula is C11H15BrN4OS. The standard InChI is InChI=1S/C11H15BrN4OS/c1-2-9(7-17)15-11-13-4-10(18-11)6-16-5-8(12)3-14-16/h3-5,9,17H,2,6-7H2,1H3,(H,13,15). The van der Waals surface area contributed by atoms with E-state index in [1.54, 1.807) is 17.5 Å². The van der Waals surface area contributed by atoms with Gasteiger partial charge in [0.25, 0.3) is 0 Å².